The highest BCUT2D eigenvalue weighted by molar-refractivity contribution is 7.96. The van der Waals surface area contributed by atoms with Crippen LogP contribution in [0.15, 0.2) is 41.3 Å². The Kier molecular flexibility index (Phi) is 5.78. The van der Waals surface area contributed by atoms with Gasteiger partial charge in [-0.2, -0.15) is 0 Å². The molecule has 0 aromatic heterocycles. The van der Waals surface area contributed by atoms with Crippen LogP contribution in [0.2, 0.25) is 0 Å². The fraction of sp³-hybridized carbons (Fsp3) is 0.455. The van der Waals surface area contributed by atoms with Crippen LogP contribution in [0.3, 0.4) is 0 Å². The van der Waals surface area contributed by atoms with E-state index in [0.717, 1.165) is 16.7 Å². The zero-order valence-electron chi connectivity index (χ0n) is 17.9. The molecule has 4 rings (SSSR count). The van der Waals surface area contributed by atoms with E-state index >= 15 is 0 Å². The highest BCUT2D eigenvalue weighted by Gasteiger charge is 2.48. The summed E-state index contributed by atoms with van der Waals surface area (Å²) in [4.78, 5) is 2.17. The van der Waals surface area contributed by atoms with Crippen LogP contribution in [0.4, 0.5) is 0 Å². The molecular formula is C22H27NO6S2. The quantitative estimate of drug-likeness (QED) is 0.667. The van der Waals surface area contributed by atoms with Crippen molar-refractivity contribution in [3.63, 3.8) is 0 Å². The molecule has 2 aromatic rings. The molecule has 1 fully saturated rings. The Morgan fingerprint density at radius 2 is 1.58 bits per heavy atom. The summed E-state index contributed by atoms with van der Waals surface area (Å²) in [5.41, 5.74) is 3.05. The molecule has 2 aromatic carbocycles. The van der Waals surface area contributed by atoms with Crippen molar-refractivity contribution in [1.29, 1.82) is 0 Å². The van der Waals surface area contributed by atoms with Gasteiger partial charge in [-0.15, -0.1) is 0 Å². The molecule has 0 N–H and O–H groups in total. The van der Waals surface area contributed by atoms with Crippen LogP contribution >= 0.6 is 0 Å². The number of benzene rings is 2. The molecule has 2 aliphatic heterocycles. The molecule has 0 amide bonds. The zero-order chi connectivity index (χ0) is 22.4. The number of hydrogen-bond acceptors (Lipinski definition) is 7. The monoisotopic (exact) mass is 465 g/mol. The van der Waals surface area contributed by atoms with Gasteiger partial charge in [-0.05, 0) is 48.7 Å². The number of ether oxygens (including phenoxy) is 2. The zero-order valence-corrected chi connectivity index (χ0v) is 19.5. The normalized spacial score (nSPS) is 23.3. The third-order valence-corrected chi connectivity index (χ3v) is 10.4. The van der Waals surface area contributed by atoms with Gasteiger partial charge in [0.1, 0.15) is 0 Å². The van der Waals surface area contributed by atoms with Crippen molar-refractivity contribution in [1.82, 2.24) is 4.90 Å². The second-order valence-corrected chi connectivity index (χ2v) is 12.6. The van der Waals surface area contributed by atoms with Crippen molar-refractivity contribution in [2.75, 3.05) is 32.3 Å². The number of sulfone groups is 2. The molecule has 0 bridgehead atoms. The van der Waals surface area contributed by atoms with Crippen LogP contribution in [0.1, 0.15) is 16.7 Å². The number of hydrogen-bond donors (Lipinski definition) is 0. The molecule has 2 atom stereocenters. The molecule has 1 saturated heterocycles. The Labute approximate surface area is 183 Å². The third kappa shape index (κ3) is 4.18. The summed E-state index contributed by atoms with van der Waals surface area (Å²) in [6, 6.07) is 9.86. The fourth-order valence-electron chi connectivity index (χ4n) is 4.52. The summed E-state index contributed by atoms with van der Waals surface area (Å²) in [6.45, 7) is 2.94. The van der Waals surface area contributed by atoms with Gasteiger partial charge in [0.15, 0.2) is 31.2 Å². The molecule has 0 aliphatic carbocycles. The number of rotatable bonds is 5. The van der Waals surface area contributed by atoms with Crippen molar-refractivity contribution in [2.24, 2.45) is 0 Å². The Balaban J connectivity index is 1.67. The maximum atomic E-state index is 13.4. The largest absolute Gasteiger partial charge is 0.493 e. The topological polar surface area (TPSA) is 90.0 Å². The lowest BCUT2D eigenvalue weighted by molar-refractivity contribution is 0.195. The number of aryl methyl sites for hydroxylation is 1. The van der Waals surface area contributed by atoms with E-state index in [1.165, 1.54) is 0 Å². The van der Waals surface area contributed by atoms with Gasteiger partial charge in [0, 0.05) is 19.1 Å². The second-order valence-electron chi connectivity index (χ2n) is 8.24. The lowest BCUT2D eigenvalue weighted by atomic mass is 9.97. The van der Waals surface area contributed by atoms with E-state index in [1.807, 2.05) is 24.0 Å². The van der Waals surface area contributed by atoms with Gasteiger partial charge in [0.25, 0.3) is 0 Å². The van der Waals surface area contributed by atoms with Crippen molar-refractivity contribution in [2.45, 2.75) is 36.1 Å². The van der Waals surface area contributed by atoms with Crippen LogP contribution in [-0.2, 0) is 32.6 Å². The van der Waals surface area contributed by atoms with Crippen LogP contribution in [-0.4, -0.2) is 65.3 Å². The fourth-order valence-corrected chi connectivity index (χ4v) is 9.35. The summed E-state index contributed by atoms with van der Waals surface area (Å²) in [5, 5.41) is -0.984. The lowest BCUT2D eigenvalue weighted by Gasteiger charge is -2.36. The Hall–Kier alpha value is -2.10. The highest BCUT2D eigenvalue weighted by atomic mass is 32.2. The predicted molar refractivity (Wildman–Crippen MR) is 118 cm³/mol. The van der Waals surface area contributed by atoms with Crippen molar-refractivity contribution < 1.29 is 26.3 Å². The summed E-state index contributed by atoms with van der Waals surface area (Å²) in [5.74, 6) is 0.762. The van der Waals surface area contributed by atoms with Gasteiger partial charge >= 0.3 is 0 Å². The first-order valence-corrected chi connectivity index (χ1v) is 13.5. The molecule has 0 unspecified atom stereocenters. The van der Waals surface area contributed by atoms with E-state index in [0.29, 0.717) is 31.0 Å². The first-order chi connectivity index (χ1) is 14.6. The number of methoxy groups -OCH3 is 2. The Bertz CT molecular complexity index is 1190. The van der Waals surface area contributed by atoms with Crippen LogP contribution < -0.4 is 9.47 Å². The maximum Gasteiger partial charge on any atom is 0.183 e. The average molecular weight is 466 g/mol. The average Bonchev–Trinajstić information content (AvgIpc) is 3.09. The Morgan fingerprint density at radius 1 is 0.968 bits per heavy atom. The van der Waals surface area contributed by atoms with E-state index in [-0.39, 0.29) is 16.4 Å². The predicted octanol–water partition coefficient (Wildman–Crippen LogP) is 2.01. The first-order valence-electron chi connectivity index (χ1n) is 10.1. The van der Waals surface area contributed by atoms with Gasteiger partial charge in [-0.25, -0.2) is 16.8 Å². The van der Waals surface area contributed by atoms with Gasteiger partial charge in [0.05, 0.1) is 35.9 Å². The molecular weight excluding hydrogens is 438 g/mol. The van der Waals surface area contributed by atoms with E-state index in [4.69, 9.17) is 9.47 Å². The molecule has 9 heteroatoms. The molecule has 0 saturated carbocycles. The van der Waals surface area contributed by atoms with E-state index < -0.39 is 31.0 Å². The van der Waals surface area contributed by atoms with Crippen LogP contribution in [0.25, 0.3) is 0 Å². The van der Waals surface area contributed by atoms with Crippen molar-refractivity contribution >= 4 is 19.7 Å². The van der Waals surface area contributed by atoms with Gasteiger partial charge in [-0.3, -0.25) is 4.90 Å². The third-order valence-electron chi connectivity index (χ3n) is 6.24. The Morgan fingerprint density at radius 3 is 2.19 bits per heavy atom. The van der Waals surface area contributed by atoms with Crippen molar-refractivity contribution in [3.05, 3.63) is 53.1 Å². The summed E-state index contributed by atoms with van der Waals surface area (Å²) >= 11 is 0. The molecule has 2 aliphatic rings. The van der Waals surface area contributed by atoms with Gasteiger partial charge in [0.2, 0.25) is 0 Å². The summed E-state index contributed by atoms with van der Waals surface area (Å²) in [6.07, 6.45) is 0.684. The minimum Gasteiger partial charge on any atom is -0.493 e. The molecule has 0 spiro atoms. The minimum absolute atomic E-state index is 0.147. The molecule has 168 valence electrons. The molecule has 7 nitrogen and oxygen atoms in total. The maximum absolute atomic E-state index is 13.4. The van der Waals surface area contributed by atoms with E-state index in [2.05, 4.69) is 0 Å². The second kappa shape index (κ2) is 8.11. The summed E-state index contributed by atoms with van der Waals surface area (Å²) < 4.78 is 62.6. The highest BCUT2D eigenvalue weighted by Crippen LogP contribution is 2.36. The van der Waals surface area contributed by atoms with Crippen molar-refractivity contribution in [3.8, 4) is 11.5 Å². The molecule has 31 heavy (non-hydrogen) atoms. The molecule has 2 heterocycles. The SMILES string of the molecule is COc1cc2c(cc1OC)CN([C@@H]1CS(=O)(=O)C[C@H]1S(=O)(=O)c1ccc(C)cc1)CC2. The molecule has 0 radical (unpaired) electrons. The van der Waals surface area contributed by atoms with E-state index in [9.17, 15) is 16.8 Å². The van der Waals surface area contributed by atoms with Crippen LogP contribution in [0, 0.1) is 6.92 Å². The number of nitrogens with zero attached hydrogens (tertiary/aromatic N) is 1. The number of fused-ring (bicyclic) bond motifs is 1. The summed E-state index contributed by atoms with van der Waals surface area (Å²) in [7, 11) is -4.10. The van der Waals surface area contributed by atoms with Gasteiger partial charge in [-0.1, -0.05) is 17.7 Å². The smallest absolute Gasteiger partial charge is 0.183 e. The standard InChI is InChI=1S/C22H27NO6S2/c1-15-4-6-18(7-5-15)31(26,27)22-14-30(24,25)13-19(22)23-9-8-16-10-20(28-2)21(29-3)11-17(16)12-23/h4-7,10-11,19,22H,8-9,12-14H2,1-3H3/t19-,22-/m1/s1. The lowest BCUT2D eigenvalue weighted by Crippen LogP contribution is -2.48. The van der Waals surface area contributed by atoms with Gasteiger partial charge < -0.3 is 9.47 Å². The van der Waals surface area contributed by atoms with Crippen LogP contribution in [0.5, 0.6) is 11.5 Å². The first kappa shape index (κ1) is 22.1. The minimum atomic E-state index is -3.79. The van der Waals surface area contributed by atoms with E-state index in [1.54, 1.807) is 38.5 Å².